The van der Waals surface area contributed by atoms with Crippen molar-refractivity contribution < 1.29 is 9.15 Å². The number of allylic oxidation sites excluding steroid dienone is 9. The van der Waals surface area contributed by atoms with Crippen LogP contribution in [0.3, 0.4) is 0 Å². The molecule has 2 aromatic carbocycles. The first-order valence-corrected chi connectivity index (χ1v) is 20.3. The first-order chi connectivity index (χ1) is 28.2. The molecule has 4 heteroatoms. The van der Waals surface area contributed by atoms with Gasteiger partial charge in [0.2, 0.25) is 18.4 Å². The number of hydrogen-bond acceptors (Lipinski definition) is 3. The number of ether oxygens (including phenoxy) is 1. The monoisotopic (exact) mass is 775 g/mol. The summed E-state index contributed by atoms with van der Waals surface area (Å²) in [4.78, 5) is 2.00. The van der Waals surface area contributed by atoms with Gasteiger partial charge in [-0.25, -0.2) is 4.58 Å². The molecule has 0 saturated heterocycles. The van der Waals surface area contributed by atoms with Crippen molar-refractivity contribution in [3.63, 3.8) is 0 Å². The van der Waals surface area contributed by atoms with Crippen LogP contribution < -0.4 is 19.6 Å². The van der Waals surface area contributed by atoms with E-state index >= 15 is 0 Å². The van der Waals surface area contributed by atoms with Crippen LogP contribution >= 0.6 is 0 Å². The average Bonchev–Trinajstić information content (AvgIpc) is 3.20. The Kier molecular flexibility index (Phi) is 12.8. The maximum Gasteiger partial charge on any atom is 0.205 e. The minimum absolute atomic E-state index is 0.210. The fourth-order valence-electron chi connectivity index (χ4n) is 7.57. The van der Waals surface area contributed by atoms with Crippen molar-refractivity contribution in [2.24, 2.45) is 5.41 Å². The van der Waals surface area contributed by atoms with Crippen LogP contribution in [0, 0.1) is 61.7 Å². The lowest BCUT2D eigenvalue weighted by atomic mass is 9.81. The summed E-state index contributed by atoms with van der Waals surface area (Å²) in [6.45, 7) is 16.9. The van der Waals surface area contributed by atoms with Crippen LogP contribution in [0.2, 0.25) is 0 Å². The lowest BCUT2D eigenvalue weighted by molar-refractivity contribution is 0.291. The van der Waals surface area contributed by atoms with E-state index in [0.29, 0.717) is 26.2 Å². The first kappa shape index (κ1) is 42.0. The van der Waals surface area contributed by atoms with Gasteiger partial charge in [0.25, 0.3) is 0 Å². The molecule has 0 unspecified atom stereocenters. The highest BCUT2D eigenvalue weighted by Crippen LogP contribution is 2.43. The van der Waals surface area contributed by atoms with E-state index in [4.69, 9.17) is 34.8 Å². The van der Waals surface area contributed by atoms with Gasteiger partial charge < -0.3 is 14.1 Å². The summed E-state index contributed by atoms with van der Waals surface area (Å²) in [6.07, 6.45) is 37.1. The minimum atomic E-state index is -0.210. The molecule has 4 aliphatic rings. The van der Waals surface area contributed by atoms with E-state index in [1.165, 1.54) is 27.8 Å². The third-order valence-electron chi connectivity index (χ3n) is 10.8. The number of rotatable bonds is 9. The third-order valence-corrected chi connectivity index (χ3v) is 10.8. The first-order valence-electron chi connectivity index (χ1n) is 20.3. The van der Waals surface area contributed by atoms with Crippen molar-refractivity contribution >= 4 is 22.9 Å². The molecular weight excluding hydrogens is 721 g/mol. The van der Waals surface area contributed by atoms with E-state index in [0.717, 1.165) is 75.6 Å². The number of benzene rings is 3. The van der Waals surface area contributed by atoms with E-state index in [1.54, 1.807) is 0 Å². The topological polar surface area (TPSA) is 28.6 Å². The van der Waals surface area contributed by atoms with Gasteiger partial charge in [-0.1, -0.05) is 102 Å². The van der Waals surface area contributed by atoms with E-state index in [2.05, 4.69) is 169 Å². The maximum absolute atomic E-state index is 6.59. The van der Waals surface area contributed by atoms with Crippen molar-refractivity contribution in [2.45, 2.75) is 73.1 Å². The molecule has 0 amide bonds. The summed E-state index contributed by atoms with van der Waals surface area (Å²) in [5, 5.41) is 0.936. The Balaban J connectivity index is 1.51. The number of terminal acetylenes is 4. The lowest BCUT2D eigenvalue weighted by Gasteiger charge is -2.30. The SMILES string of the molecule is C#CCN(CC#C)c1ccc2c(c1)OC(C(C)(C)C)=C/C2=C\C=C1/CCCC(/C=C/c2cc(C(C)(C)C)oc3cc(=[N+](CC#C)CC#C)ccc2-3)=C1c1ccccc1C. The van der Waals surface area contributed by atoms with Gasteiger partial charge in [-0.05, 0) is 107 Å². The summed E-state index contributed by atoms with van der Waals surface area (Å²) < 4.78 is 15.2. The minimum Gasteiger partial charge on any atom is -0.460 e. The molecular formula is C55H55N2O2+. The number of fused-ring (bicyclic) bond motifs is 2. The normalized spacial score (nSPS) is 15.5. The molecule has 0 spiro atoms. The summed E-state index contributed by atoms with van der Waals surface area (Å²) in [7, 11) is 0. The molecule has 6 rings (SSSR count). The molecule has 2 aliphatic heterocycles. The van der Waals surface area contributed by atoms with Crippen LogP contribution in [-0.4, -0.2) is 26.2 Å². The molecule has 0 aromatic heterocycles. The van der Waals surface area contributed by atoms with E-state index < -0.39 is 0 Å². The molecule has 59 heavy (non-hydrogen) atoms. The van der Waals surface area contributed by atoms with Crippen molar-refractivity contribution in [3.8, 4) is 66.4 Å². The maximum atomic E-state index is 6.59. The summed E-state index contributed by atoms with van der Waals surface area (Å²) >= 11 is 0. The molecule has 2 aromatic rings. The smallest absolute Gasteiger partial charge is 0.205 e. The summed E-state index contributed by atoms with van der Waals surface area (Å²) in [5.74, 6) is 14.3. The Hall–Kier alpha value is -6.59. The molecule has 0 N–H and O–H groups in total. The van der Waals surface area contributed by atoms with Crippen LogP contribution in [0.15, 0.2) is 112 Å². The zero-order valence-corrected chi connectivity index (χ0v) is 35.7. The van der Waals surface area contributed by atoms with Crippen molar-refractivity contribution in [1.29, 1.82) is 0 Å². The fraction of sp³-hybridized carbons (Fsp3) is 0.291. The average molecular weight is 776 g/mol. The van der Waals surface area contributed by atoms with Gasteiger partial charge in [0.05, 0.1) is 19.2 Å². The van der Waals surface area contributed by atoms with Gasteiger partial charge in [-0.15, -0.1) is 25.7 Å². The van der Waals surface area contributed by atoms with E-state index in [-0.39, 0.29) is 10.8 Å². The van der Waals surface area contributed by atoms with Gasteiger partial charge >= 0.3 is 0 Å². The number of anilines is 1. The molecule has 4 nitrogen and oxygen atoms in total. The van der Waals surface area contributed by atoms with Gasteiger partial charge in [-0.3, -0.25) is 0 Å². The standard InChI is InChI=1S/C55H55N2O2/c1-12-31-56(32-13-2)44-27-29-47-42(35-51(54(6,7)8)58-49(47)37-44)25-23-40-20-18-21-41(53(40)46-22-17-16-19-39(46)5)24-26-43-36-52(55(9,10)11)59-50-38-45(28-30-48(43)50)57(33-14-3)34-15-4/h1-4,16-17,19,22-30,35-38H,18,20-21,31-34H2,5-11H3/q+1. The van der Waals surface area contributed by atoms with Gasteiger partial charge in [-0.2, -0.15) is 0 Å². The lowest BCUT2D eigenvalue weighted by Crippen LogP contribution is -2.30. The highest BCUT2D eigenvalue weighted by Gasteiger charge is 2.27. The predicted molar refractivity (Wildman–Crippen MR) is 248 cm³/mol. The number of hydrogen-bond donors (Lipinski definition) is 0. The largest absolute Gasteiger partial charge is 0.460 e. The molecule has 2 aliphatic carbocycles. The fourth-order valence-corrected chi connectivity index (χ4v) is 7.57. The molecule has 296 valence electrons. The second-order valence-corrected chi connectivity index (χ2v) is 17.3. The van der Waals surface area contributed by atoms with Crippen LogP contribution in [0.25, 0.3) is 28.5 Å². The Bertz CT molecular complexity index is 2590. The Morgan fingerprint density at radius 3 is 2.12 bits per heavy atom. The van der Waals surface area contributed by atoms with Gasteiger partial charge in [0.1, 0.15) is 23.0 Å². The highest BCUT2D eigenvalue weighted by molar-refractivity contribution is 5.89. The van der Waals surface area contributed by atoms with E-state index in [1.807, 2.05) is 9.48 Å². The van der Waals surface area contributed by atoms with Gasteiger partial charge in [0, 0.05) is 39.8 Å². The van der Waals surface area contributed by atoms with Crippen LogP contribution in [0.4, 0.5) is 5.69 Å². The molecule has 0 radical (unpaired) electrons. The van der Waals surface area contributed by atoms with Crippen molar-refractivity contribution in [1.82, 2.24) is 4.58 Å². The van der Waals surface area contributed by atoms with Crippen LogP contribution in [0.5, 0.6) is 5.75 Å². The Morgan fingerprint density at radius 2 is 1.46 bits per heavy atom. The third kappa shape index (κ3) is 9.59. The molecule has 2 heterocycles. The quantitative estimate of drug-likeness (QED) is 0.125. The Labute approximate surface area is 352 Å². The highest BCUT2D eigenvalue weighted by atomic mass is 16.5. The Morgan fingerprint density at radius 1 is 0.746 bits per heavy atom. The van der Waals surface area contributed by atoms with E-state index in [9.17, 15) is 0 Å². The molecule has 0 bridgehead atoms. The second-order valence-electron chi connectivity index (χ2n) is 17.3. The number of aryl methyl sites for hydroxylation is 1. The van der Waals surface area contributed by atoms with Crippen LogP contribution in [-0.2, 0) is 5.41 Å². The van der Waals surface area contributed by atoms with Crippen molar-refractivity contribution in [3.05, 3.63) is 141 Å². The number of nitrogens with zero attached hydrogens (tertiary/aromatic N) is 2. The van der Waals surface area contributed by atoms with Crippen LogP contribution in [0.1, 0.15) is 88.8 Å². The summed E-state index contributed by atoms with van der Waals surface area (Å²) in [5.41, 5.74) is 11.1. The molecule has 0 atom stereocenters. The van der Waals surface area contributed by atoms with Crippen molar-refractivity contribution in [2.75, 3.05) is 31.1 Å². The predicted octanol–water partition coefficient (Wildman–Crippen LogP) is 11.1. The summed E-state index contributed by atoms with van der Waals surface area (Å²) in [6, 6.07) is 23.4. The molecule has 0 saturated carbocycles. The second kappa shape index (κ2) is 17.9. The zero-order chi connectivity index (χ0) is 42.3. The zero-order valence-electron chi connectivity index (χ0n) is 35.7. The molecule has 0 fully saturated rings. The van der Waals surface area contributed by atoms with Gasteiger partial charge in [0.15, 0.2) is 0 Å².